The molecule has 3 atom stereocenters. The standard InChI is InChI=1S/C15H20N4O6/c1-5-23-12(20)8-6-9(17-18-16)11-10(7-8)24-13(21)19(11)14(22)25-15(2,3)4/h7,9-11H,5-6H2,1-4H3/t9-,10-,11+/m0/s1. The zero-order valence-electron chi connectivity index (χ0n) is 14.5. The minimum Gasteiger partial charge on any atom is -0.463 e. The molecule has 1 heterocycles. The van der Waals surface area contributed by atoms with Crippen molar-refractivity contribution >= 4 is 18.2 Å². The van der Waals surface area contributed by atoms with Crippen molar-refractivity contribution in [2.75, 3.05) is 6.61 Å². The van der Waals surface area contributed by atoms with E-state index in [0.717, 1.165) is 4.90 Å². The van der Waals surface area contributed by atoms with Crippen LogP contribution in [0, 0.1) is 0 Å². The molecule has 25 heavy (non-hydrogen) atoms. The van der Waals surface area contributed by atoms with Crippen molar-refractivity contribution < 1.29 is 28.6 Å². The Labute approximate surface area is 144 Å². The van der Waals surface area contributed by atoms with Gasteiger partial charge in [-0.05, 0) is 45.7 Å². The van der Waals surface area contributed by atoms with Crippen molar-refractivity contribution in [3.05, 3.63) is 22.1 Å². The highest BCUT2D eigenvalue weighted by Gasteiger charge is 2.52. The molecule has 2 aliphatic rings. The van der Waals surface area contributed by atoms with Crippen molar-refractivity contribution in [3.63, 3.8) is 0 Å². The minimum atomic E-state index is -0.913. The smallest absolute Gasteiger partial charge is 0.420 e. The average Bonchev–Trinajstić information content (AvgIpc) is 2.82. The fraction of sp³-hybridized carbons (Fsp3) is 0.667. The highest BCUT2D eigenvalue weighted by Crippen LogP contribution is 2.34. The van der Waals surface area contributed by atoms with Crippen molar-refractivity contribution in [2.45, 2.75) is 57.9 Å². The van der Waals surface area contributed by atoms with Crippen LogP contribution >= 0.6 is 0 Å². The summed E-state index contributed by atoms with van der Waals surface area (Å²) in [6, 6.07) is -1.74. The van der Waals surface area contributed by atoms with Gasteiger partial charge in [0.2, 0.25) is 0 Å². The molecule has 0 saturated carbocycles. The summed E-state index contributed by atoms with van der Waals surface area (Å²) >= 11 is 0. The number of carbonyl (C=O) groups is 3. The van der Waals surface area contributed by atoms with Gasteiger partial charge in [-0.25, -0.2) is 19.3 Å². The molecule has 0 aromatic carbocycles. The molecule has 0 radical (unpaired) electrons. The second-order valence-electron chi connectivity index (χ2n) is 6.58. The van der Waals surface area contributed by atoms with Crippen molar-refractivity contribution in [2.24, 2.45) is 5.11 Å². The predicted octanol–water partition coefficient (Wildman–Crippen LogP) is 2.68. The third-order valence-corrected chi connectivity index (χ3v) is 3.58. The van der Waals surface area contributed by atoms with Crippen LogP contribution in [0.2, 0.25) is 0 Å². The van der Waals surface area contributed by atoms with Crippen LogP contribution in [-0.2, 0) is 19.0 Å². The molecule has 1 aliphatic heterocycles. The second-order valence-corrected chi connectivity index (χ2v) is 6.58. The van der Waals surface area contributed by atoms with Gasteiger partial charge in [0.05, 0.1) is 18.7 Å². The number of nitrogens with zero attached hydrogens (tertiary/aromatic N) is 4. The van der Waals surface area contributed by atoms with E-state index in [1.165, 1.54) is 6.08 Å². The Morgan fingerprint density at radius 1 is 1.48 bits per heavy atom. The largest absolute Gasteiger partial charge is 0.463 e. The SMILES string of the molecule is CCOC(=O)C1=C[C@@H]2OC(=O)N(C(=O)OC(C)(C)C)[C@@H]2[C@@H](N=[N+]=[N-])C1. The van der Waals surface area contributed by atoms with Gasteiger partial charge >= 0.3 is 18.2 Å². The highest BCUT2D eigenvalue weighted by atomic mass is 16.6. The highest BCUT2D eigenvalue weighted by molar-refractivity contribution is 5.92. The first-order valence-corrected chi connectivity index (χ1v) is 7.82. The molecule has 0 unspecified atom stereocenters. The van der Waals surface area contributed by atoms with Gasteiger partial charge in [0.15, 0.2) is 0 Å². The van der Waals surface area contributed by atoms with Crippen molar-refractivity contribution in [3.8, 4) is 0 Å². The van der Waals surface area contributed by atoms with Crippen LogP contribution in [0.5, 0.6) is 0 Å². The molecular weight excluding hydrogens is 332 g/mol. The fourth-order valence-corrected chi connectivity index (χ4v) is 2.71. The Hall–Kier alpha value is -2.74. The van der Waals surface area contributed by atoms with Gasteiger partial charge in [-0.1, -0.05) is 5.11 Å². The second kappa shape index (κ2) is 7.02. The van der Waals surface area contributed by atoms with Crippen LogP contribution in [-0.4, -0.2) is 53.5 Å². The van der Waals surface area contributed by atoms with E-state index >= 15 is 0 Å². The van der Waals surface area contributed by atoms with E-state index in [2.05, 4.69) is 10.0 Å². The first kappa shape index (κ1) is 18.6. The van der Waals surface area contributed by atoms with Crippen LogP contribution in [0.3, 0.4) is 0 Å². The van der Waals surface area contributed by atoms with E-state index in [1.54, 1.807) is 27.7 Å². The molecule has 0 aromatic rings. The molecule has 136 valence electrons. The normalized spacial score (nSPS) is 25.3. The van der Waals surface area contributed by atoms with Gasteiger partial charge in [-0.2, -0.15) is 0 Å². The molecule has 2 amide bonds. The van der Waals surface area contributed by atoms with Crippen LogP contribution in [0.25, 0.3) is 10.4 Å². The maximum Gasteiger partial charge on any atom is 0.420 e. The van der Waals surface area contributed by atoms with Gasteiger partial charge < -0.3 is 14.2 Å². The summed E-state index contributed by atoms with van der Waals surface area (Å²) in [5, 5.41) is 3.63. The average molecular weight is 352 g/mol. The molecule has 1 fully saturated rings. The Morgan fingerprint density at radius 2 is 2.16 bits per heavy atom. The van der Waals surface area contributed by atoms with Crippen LogP contribution in [0.15, 0.2) is 16.8 Å². The predicted molar refractivity (Wildman–Crippen MR) is 84.4 cm³/mol. The van der Waals surface area contributed by atoms with Gasteiger partial charge in [0.25, 0.3) is 0 Å². The maximum atomic E-state index is 12.3. The molecule has 1 aliphatic carbocycles. The fourth-order valence-electron chi connectivity index (χ4n) is 2.71. The molecule has 2 rings (SSSR count). The quantitative estimate of drug-likeness (QED) is 0.252. The Bertz CT molecular complexity index is 661. The lowest BCUT2D eigenvalue weighted by molar-refractivity contribution is -0.138. The number of fused-ring (bicyclic) bond motifs is 1. The van der Waals surface area contributed by atoms with E-state index in [9.17, 15) is 14.4 Å². The zero-order chi connectivity index (χ0) is 18.8. The summed E-state index contributed by atoms with van der Waals surface area (Å²) in [5.41, 5.74) is 8.23. The van der Waals surface area contributed by atoms with Crippen LogP contribution in [0.1, 0.15) is 34.1 Å². The number of imide groups is 1. The first-order chi connectivity index (χ1) is 11.7. The van der Waals surface area contributed by atoms with Gasteiger partial charge in [0.1, 0.15) is 11.7 Å². The number of carbonyl (C=O) groups excluding carboxylic acids is 3. The number of hydrogen-bond donors (Lipinski definition) is 0. The zero-order valence-corrected chi connectivity index (χ0v) is 14.5. The van der Waals surface area contributed by atoms with Gasteiger partial charge in [0, 0.05) is 10.5 Å². The number of amides is 2. The summed E-state index contributed by atoms with van der Waals surface area (Å²) < 4.78 is 15.3. The number of ether oxygens (including phenoxy) is 3. The maximum absolute atomic E-state index is 12.3. The molecule has 0 aromatic heterocycles. The van der Waals surface area contributed by atoms with E-state index in [-0.39, 0.29) is 18.6 Å². The van der Waals surface area contributed by atoms with Crippen molar-refractivity contribution in [1.82, 2.24) is 4.90 Å². The third-order valence-electron chi connectivity index (χ3n) is 3.58. The first-order valence-electron chi connectivity index (χ1n) is 7.82. The molecule has 1 saturated heterocycles. The Balaban J connectivity index is 2.34. The van der Waals surface area contributed by atoms with Crippen molar-refractivity contribution in [1.29, 1.82) is 0 Å². The number of hydrogen-bond acceptors (Lipinski definition) is 7. The minimum absolute atomic E-state index is 0.0278. The topological polar surface area (TPSA) is 131 Å². The molecular formula is C15H20N4O6. The van der Waals surface area contributed by atoms with Crippen LogP contribution in [0.4, 0.5) is 9.59 Å². The third kappa shape index (κ3) is 4.03. The monoisotopic (exact) mass is 352 g/mol. The lowest BCUT2D eigenvalue weighted by Gasteiger charge is -2.32. The number of rotatable bonds is 3. The van der Waals surface area contributed by atoms with Gasteiger partial charge in [-0.15, -0.1) is 0 Å². The molecule has 0 spiro atoms. The summed E-state index contributed by atoms with van der Waals surface area (Å²) in [6.45, 7) is 6.83. The van der Waals surface area contributed by atoms with E-state index in [0.29, 0.717) is 0 Å². The van der Waals surface area contributed by atoms with E-state index < -0.39 is 41.9 Å². The van der Waals surface area contributed by atoms with E-state index in [4.69, 9.17) is 19.7 Å². The lowest BCUT2D eigenvalue weighted by atomic mass is 9.88. The molecule has 0 N–H and O–H groups in total. The molecule has 0 bridgehead atoms. The number of azide groups is 1. The Morgan fingerprint density at radius 3 is 2.72 bits per heavy atom. The number of esters is 1. The summed E-state index contributed by atoms with van der Waals surface area (Å²) in [4.78, 5) is 40.0. The Kier molecular flexibility index (Phi) is 5.22. The van der Waals surface area contributed by atoms with E-state index in [1.807, 2.05) is 0 Å². The van der Waals surface area contributed by atoms with Gasteiger partial charge in [-0.3, -0.25) is 0 Å². The summed E-state index contributed by atoms with van der Waals surface area (Å²) in [7, 11) is 0. The lowest BCUT2D eigenvalue weighted by Crippen LogP contribution is -2.50. The van der Waals surface area contributed by atoms with Crippen LogP contribution < -0.4 is 0 Å². The summed E-state index contributed by atoms with van der Waals surface area (Å²) in [5.74, 6) is -0.578. The summed E-state index contributed by atoms with van der Waals surface area (Å²) in [6.07, 6.45) is -1.27. The molecule has 10 heteroatoms. The molecule has 10 nitrogen and oxygen atoms in total.